The quantitative estimate of drug-likeness (QED) is 0.826. The minimum absolute atomic E-state index is 0.357. The summed E-state index contributed by atoms with van der Waals surface area (Å²) in [6.45, 7) is 2.12. The molecule has 0 radical (unpaired) electrons. The molecule has 1 atom stereocenters. The predicted octanol–water partition coefficient (Wildman–Crippen LogP) is 3.23. The first-order valence-electron chi connectivity index (χ1n) is 3.77. The highest BCUT2D eigenvalue weighted by Gasteiger charge is 2.06. The Kier molecular flexibility index (Phi) is 3.80. The molecular weight excluding hydrogens is 284 g/mol. The van der Waals surface area contributed by atoms with Gasteiger partial charge in [0.1, 0.15) is 0 Å². The van der Waals surface area contributed by atoms with Crippen molar-refractivity contribution in [1.29, 1.82) is 0 Å². The van der Waals surface area contributed by atoms with Crippen LogP contribution in [0, 0.1) is 3.57 Å². The van der Waals surface area contributed by atoms with E-state index in [1.165, 1.54) is 9.13 Å². The number of halogens is 2. The van der Waals surface area contributed by atoms with Crippen LogP contribution in [0.25, 0.3) is 0 Å². The Bertz CT molecular complexity index is 275. The van der Waals surface area contributed by atoms with Crippen LogP contribution in [0.15, 0.2) is 18.2 Å². The van der Waals surface area contributed by atoms with Gasteiger partial charge in [-0.1, -0.05) is 11.6 Å². The highest BCUT2D eigenvalue weighted by Crippen LogP contribution is 2.23. The smallest absolute Gasteiger partial charge is 0.0410 e. The van der Waals surface area contributed by atoms with E-state index in [4.69, 9.17) is 11.6 Å². The molecule has 0 saturated heterocycles. The Morgan fingerprint density at radius 2 is 2.17 bits per heavy atom. The summed E-state index contributed by atoms with van der Waals surface area (Å²) in [5.74, 6) is 0. The third kappa shape index (κ3) is 2.34. The predicted molar refractivity (Wildman–Crippen MR) is 61.6 cm³/mol. The van der Waals surface area contributed by atoms with Gasteiger partial charge in [0.2, 0.25) is 0 Å². The van der Waals surface area contributed by atoms with Crippen molar-refractivity contribution >= 4 is 34.2 Å². The molecule has 12 heavy (non-hydrogen) atoms. The zero-order valence-corrected chi connectivity index (χ0v) is 9.98. The van der Waals surface area contributed by atoms with Gasteiger partial charge in [0.05, 0.1) is 0 Å². The van der Waals surface area contributed by atoms with Crippen LogP contribution in [-0.4, -0.2) is 7.05 Å². The Morgan fingerprint density at radius 1 is 1.50 bits per heavy atom. The lowest BCUT2D eigenvalue weighted by molar-refractivity contribution is 0.649. The van der Waals surface area contributed by atoms with Crippen LogP contribution < -0.4 is 5.32 Å². The number of hydrogen-bond acceptors (Lipinski definition) is 1. The molecule has 0 spiro atoms. The van der Waals surface area contributed by atoms with E-state index in [-0.39, 0.29) is 0 Å². The highest BCUT2D eigenvalue weighted by molar-refractivity contribution is 14.1. The molecule has 1 nitrogen and oxygen atoms in total. The van der Waals surface area contributed by atoms with Gasteiger partial charge in [0, 0.05) is 14.6 Å². The van der Waals surface area contributed by atoms with Crippen molar-refractivity contribution in [2.75, 3.05) is 7.05 Å². The van der Waals surface area contributed by atoms with Crippen LogP contribution in [0.3, 0.4) is 0 Å². The van der Waals surface area contributed by atoms with Crippen molar-refractivity contribution in [3.63, 3.8) is 0 Å². The standard InChI is InChI=1S/C9H11ClIN/c1-6(12-2)8-5-7(10)3-4-9(8)11/h3-6,12H,1-2H3/t6-/m0/s1. The fourth-order valence-corrected chi connectivity index (χ4v) is 1.99. The molecule has 3 heteroatoms. The SMILES string of the molecule is CN[C@@H](C)c1cc(Cl)ccc1I. The fraction of sp³-hybridized carbons (Fsp3) is 0.333. The highest BCUT2D eigenvalue weighted by atomic mass is 127. The number of benzene rings is 1. The van der Waals surface area contributed by atoms with Gasteiger partial charge in [-0.25, -0.2) is 0 Å². The first-order valence-corrected chi connectivity index (χ1v) is 5.23. The molecule has 1 aromatic carbocycles. The average molecular weight is 296 g/mol. The summed E-state index contributed by atoms with van der Waals surface area (Å²) in [4.78, 5) is 0. The molecule has 0 fully saturated rings. The van der Waals surface area contributed by atoms with Crippen molar-refractivity contribution in [3.05, 3.63) is 32.4 Å². The second kappa shape index (κ2) is 4.44. The summed E-state index contributed by atoms with van der Waals surface area (Å²) in [6, 6.07) is 6.31. The average Bonchev–Trinajstić information content (AvgIpc) is 2.08. The summed E-state index contributed by atoms with van der Waals surface area (Å²) < 4.78 is 1.25. The lowest BCUT2D eigenvalue weighted by atomic mass is 10.1. The lowest BCUT2D eigenvalue weighted by Gasteiger charge is -2.12. The molecular formula is C9H11ClIN. The largest absolute Gasteiger partial charge is 0.313 e. The molecule has 0 heterocycles. The molecule has 0 aliphatic heterocycles. The number of nitrogens with one attached hydrogen (secondary N) is 1. The summed E-state index contributed by atoms with van der Waals surface area (Å²) in [7, 11) is 1.95. The molecule has 1 aromatic rings. The molecule has 0 aliphatic rings. The molecule has 0 saturated carbocycles. The van der Waals surface area contributed by atoms with Crippen LogP contribution in [0.2, 0.25) is 5.02 Å². The van der Waals surface area contributed by atoms with E-state index < -0.39 is 0 Å². The monoisotopic (exact) mass is 295 g/mol. The van der Waals surface area contributed by atoms with Gasteiger partial charge in [0.25, 0.3) is 0 Å². The van der Waals surface area contributed by atoms with E-state index in [2.05, 4.69) is 34.8 Å². The Labute approximate surface area is 91.6 Å². The van der Waals surface area contributed by atoms with Crippen LogP contribution in [0.1, 0.15) is 18.5 Å². The summed E-state index contributed by atoms with van der Waals surface area (Å²) in [5.41, 5.74) is 1.26. The van der Waals surface area contributed by atoms with Crippen LogP contribution in [-0.2, 0) is 0 Å². The third-order valence-electron chi connectivity index (χ3n) is 1.86. The zero-order chi connectivity index (χ0) is 9.14. The first kappa shape index (κ1) is 10.3. The van der Waals surface area contributed by atoms with E-state index >= 15 is 0 Å². The van der Waals surface area contributed by atoms with Gasteiger partial charge in [0.15, 0.2) is 0 Å². The Balaban J connectivity index is 3.04. The molecule has 0 bridgehead atoms. The second-order valence-corrected chi connectivity index (χ2v) is 4.27. The fourth-order valence-electron chi connectivity index (χ4n) is 1.00. The molecule has 0 unspecified atom stereocenters. The maximum atomic E-state index is 5.89. The maximum Gasteiger partial charge on any atom is 0.0410 e. The van der Waals surface area contributed by atoms with Crippen molar-refractivity contribution < 1.29 is 0 Å². The van der Waals surface area contributed by atoms with Gasteiger partial charge in [-0.05, 0) is 60.3 Å². The number of rotatable bonds is 2. The summed E-state index contributed by atoms with van der Waals surface area (Å²) in [5, 5.41) is 3.98. The second-order valence-electron chi connectivity index (χ2n) is 2.68. The van der Waals surface area contributed by atoms with Crippen molar-refractivity contribution in [1.82, 2.24) is 5.32 Å². The van der Waals surface area contributed by atoms with E-state index in [0.717, 1.165) is 5.02 Å². The van der Waals surface area contributed by atoms with Crippen molar-refractivity contribution in [2.24, 2.45) is 0 Å². The Hall–Kier alpha value is 0.200. The van der Waals surface area contributed by atoms with E-state index in [0.29, 0.717) is 6.04 Å². The van der Waals surface area contributed by atoms with Gasteiger partial charge < -0.3 is 5.32 Å². The van der Waals surface area contributed by atoms with Crippen LogP contribution in [0.5, 0.6) is 0 Å². The maximum absolute atomic E-state index is 5.89. The van der Waals surface area contributed by atoms with Gasteiger partial charge in [-0.2, -0.15) is 0 Å². The summed E-state index contributed by atoms with van der Waals surface area (Å²) in [6.07, 6.45) is 0. The molecule has 0 amide bonds. The normalized spacial score (nSPS) is 13.0. The molecule has 0 aromatic heterocycles. The molecule has 66 valence electrons. The van der Waals surface area contributed by atoms with Crippen molar-refractivity contribution in [3.8, 4) is 0 Å². The van der Waals surface area contributed by atoms with Crippen LogP contribution in [0.4, 0.5) is 0 Å². The molecule has 0 aliphatic carbocycles. The Morgan fingerprint density at radius 3 is 2.75 bits per heavy atom. The zero-order valence-electron chi connectivity index (χ0n) is 7.07. The minimum atomic E-state index is 0.357. The minimum Gasteiger partial charge on any atom is -0.313 e. The number of hydrogen-bond donors (Lipinski definition) is 1. The van der Waals surface area contributed by atoms with Crippen LogP contribution >= 0.6 is 34.2 Å². The van der Waals surface area contributed by atoms with Gasteiger partial charge >= 0.3 is 0 Å². The first-order chi connectivity index (χ1) is 5.65. The third-order valence-corrected chi connectivity index (χ3v) is 3.08. The van der Waals surface area contributed by atoms with Gasteiger partial charge in [-0.15, -0.1) is 0 Å². The molecule has 1 N–H and O–H groups in total. The summed E-state index contributed by atoms with van der Waals surface area (Å²) >= 11 is 8.20. The topological polar surface area (TPSA) is 12.0 Å². The lowest BCUT2D eigenvalue weighted by Crippen LogP contribution is -2.13. The molecule has 1 rings (SSSR count). The van der Waals surface area contributed by atoms with E-state index in [9.17, 15) is 0 Å². The van der Waals surface area contributed by atoms with Crippen molar-refractivity contribution in [2.45, 2.75) is 13.0 Å². The van der Waals surface area contributed by atoms with Gasteiger partial charge in [-0.3, -0.25) is 0 Å². The van der Waals surface area contributed by atoms with E-state index in [1.54, 1.807) is 0 Å². The van der Waals surface area contributed by atoms with E-state index in [1.807, 2.05) is 25.2 Å².